The van der Waals surface area contributed by atoms with E-state index in [-0.39, 0.29) is 0 Å². The highest BCUT2D eigenvalue weighted by atomic mass is 16.2. The van der Waals surface area contributed by atoms with Crippen molar-refractivity contribution >= 4 is 0 Å². The Morgan fingerprint density at radius 2 is 2.11 bits per heavy atom. The molecule has 1 rings (SSSR count). The summed E-state index contributed by atoms with van der Waals surface area (Å²) in [4.78, 5) is 3.88. The number of aryl methyl sites for hydroxylation is 1. The van der Waals surface area contributed by atoms with Gasteiger partial charge in [-0.25, -0.2) is 0 Å². The highest BCUT2D eigenvalue weighted by Crippen LogP contribution is 1.88. The zero-order valence-electron chi connectivity index (χ0n) is 5.70. The Bertz CT molecular complexity index is 139. The third kappa shape index (κ3) is 3.67. The van der Waals surface area contributed by atoms with Gasteiger partial charge >= 0.3 is 0 Å². The third-order valence-corrected chi connectivity index (χ3v) is 0.809. The van der Waals surface area contributed by atoms with Crippen molar-refractivity contribution < 1.29 is 5.11 Å². The molecule has 0 saturated heterocycles. The maximum atomic E-state index is 7.00. The summed E-state index contributed by atoms with van der Waals surface area (Å²) in [5, 5.41) is 7.00. The summed E-state index contributed by atoms with van der Waals surface area (Å²) in [5.74, 6) is 0. The van der Waals surface area contributed by atoms with E-state index < -0.39 is 0 Å². The molecule has 1 aromatic heterocycles. The van der Waals surface area contributed by atoms with Gasteiger partial charge in [0.05, 0.1) is 0 Å². The number of hydrogen-bond acceptors (Lipinski definition) is 2. The zero-order valence-corrected chi connectivity index (χ0v) is 5.70. The van der Waals surface area contributed by atoms with Gasteiger partial charge in [0.2, 0.25) is 0 Å². The van der Waals surface area contributed by atoms with Crippen molar-refractivity contribution in [2.45, 2.75) is 6.92 Å². The van der Waals surface area contributed by atoms with E-state index in [0.717, 1.165) is 7.11 Å². The van der Waals surface area contributed by atoms with Crippen molar-refractivity contribution in [3.05, 3.63) is 30.1 Å². The van der Waals surface area contributed by atoms with Gasteiger partial charge in [-0.3, -0.25) is 4.98 Å². The molecule has 0 aliphatic rings. The predicted octanol–water partition coefficient (Wildman–Crippen LogP) is 0.999. The van der Waals surface area contributed by atoms with Crippen LogP contribution in [0.1, 0.15) is 5.56 Å². The lowest BCUT2D eigenvalue weighted by Crippen LogP contribution is -1.69. The minimum Gasteiger partial charge on any atom is -0.400 e. The van der Waals surface area contributed by atoms with Crippen LogP contribution in [0.15, 0.2) is 24.5 Å². The second-order valence-electron chi connectivity index (χ2n) is 1.53. The van der Waals surface area contributed by atoms with E-state index >= 15 is 0 Å². The number of hydrogen-bond donors (Lipinski definition) is 1. The molecule has 50 valence electrons. The average molecular weight is 125 g/mol. The maximum absolute atomic E-state index is 7.00. The minimum atomic E-state index is 1.00. The van der Waals surface area contributed by atoms with Crippen LogP contribution in [0.3, 0.4) is 0 Å². The molecular weight excluding hydrogens is 114 g/mol. The Kier molecular flexibility index (Phi) is 4.73. The van der Waals surface area contributed by atoms with Crippen molar-refractivity contribution in [1.29, 1.82) is 0 Å². The number of nitrogens with zero attached hydrogens (tertiary/aromatic N) is 1. The normalized spacial score (nSPS) is 7.44. The molecule has 0 fully saturated rings. The van der Waals surface area contributed by atoms with E-state index in [1.54, 1.807) is 6.20 Å². The molecule has 0 aliphatic heterocycles. The molecule has 0 aromatic carbocycles. The van der Waals surface area contributed by atoms with E-state index in [0.29, 0.717) is 0 Å². The van der Waals surface area contributed by atoms with Crippen LogP contribution >= 0.6 is 0 Å². The van der Waals surface area contributed by atoms with E-state index in [1.807, 2.05) is 25.3 Å². The lowest BCUT2D eigenvalue weighted by molar-refractivity contribution is 0.399. The van der Waals surface area contributed by atoms with Crippen LogP contribution in [0.25, 0.3) is 0 Å². The second kappa shape index (κ2) is 5.25. The molecule has 0 amide bonds. The zero-order chi connectivity index (χ0) is 7.11. The molecule has 1 aromatic rings. The van der Waals surface area contributed by atoms with Gasteiger partial charge in [-0.1, -0.05) is 6.07 Å². The summed E-state index contributed by atoms with van der Waals surface area (Å²) in [6.45, 7) is 2.02. The van der Waals surface area contributed by atoms with Crippen LogP contribution in [0.2, 0.25) is 0 Å². The first-order valence-corrected chi connectivity index (χ1v) is 2.71. The highest BCUT2D eigenvalue weighted by Gasteiger charge is 1.73. The van der Waals surface area contributed by atoms with Crippen LogP contribution in [0.5, 0.6) is 0 Å². The smallest absolute Gasteiger partial charge is 0.0319 e. The molecular formula is C7H11NO. The summed E-state index contributed by atoms with van der Waals surface area (Å²) >= 11 is 0. The molecule has 0 radical (unpaired) electrons. The van der Waals surface area contributed by atoms with Gasteiger partial charge in [-0.2, -0.15) is 0 Å². The van der Waals surface area contributed by atoms with Crippen molar-refractivity contribution in [2.24, 2.45) is 0 Å². The quantitative estimate of drug-likeness (QED) is 0.561. The van der Waals surface area contributed by atoms with Crippen molar-refractivity contribution in [3.63, 3.8) is 0 Å². The van der Waals surface area contributed by atoms with Gasteiger partial charge in [0.15, 0.2) is 0 Å². The van der Waals surface area contributed by atoms with Gasteiger partial charge < -0.3 is 5.11 Å². The monoisotopic (exact) mass is 125 g/mol. The molecule has 1 heterocycles. The van der Waals surface area contributed by atoms with E-state index in [1.165, 1.54) is 5.56 Å². The molecule has 0 bridgehead atoms. The minimum absolute atomic E-state index is 1.00. The standard InChI is InChI=1S/C6H7N.CH4O/c1-6-3-2-4-7-5-6;1-2/h2-5H,1H3;2H,1H3. The molecule has 2 nitrogen and oxygen atoms in total. The first-order chi connectivity index (χ1) is 4.39. The number of aromatic nitrogens is 1. The van der Waals surface area contributed by atoms with Crippen LogP contribution in [-0.2, 0) is 0 Å². The topological polar surface area (TPSA) is 33.1 Å². The van der Waals surface area contributed by atoms with Gasteiger partial charge in [0, 0.05) is 19.5 Å². The molecule has 2 heteroatoms. The fourth-order valence-electron chi connectivity index (χ4n) is 0.448. The number of aliphatic hydroxyl groups excluding tert-OH is 1. The summed E-state index contributed by atoms with van der Waals surface area (Å²) in [7, 11) is 1.00. The fourth-order valence-corrected chi connectivity index (χ4v) is 0.448. The fraction of sp³-hybridized carbons (Fsp3) is 0.286. The largest absolute Gasteiger partial charge is 0.400 e. The Hall–Kier alpha value is -0.890. The molecule has 0 aliphatic carbocycles. The molecule has 9 heavy (non-hydrogen) atoms. The van der Waals surface area contributed by atoms with Crippen LogP contribution in [0, 0.1) is 6.92 Å². The van der Waals surface area contributed by atoms with Crippen molar-refractivity contribution in [3.8, 4) is 0 Å². The number of rotatable bonds is 0. The van der Waals surface area contributed by atoms with Gasteiger partial charge in [0.25, 0.3) is 0 Å². The van der Waals surface area contributed by atoms with Crippen LogP contribution < -0.4 is 0 Å². The predicted molar refractivity (Wildman–Crippen MR) is 37.1 cm³/mol. The summed E-state index contributed by atoms with van der Waals surface area (Å²) in [5.41, 5.74) is 1.21. The third-order valence-electron chi connectivity index (χ3n) is 0.809. The van der Waals surface area contributed by atoms with Crippen LogP contribution in [0.4, 0.5) is 0 Å². The SMILES string of the molecule is CO.Cc1cccnc1. The van der Waals surface area contributed by atoms with Crippen LogP contribution in [-0.4, -0.2) is 17.2 Å². The molecule has 0 unspecified atom stereocenters. The maximum Gasteiger partial charge on any atom is 0.0319 e. The molecule has 1 N–H and O–H groups in total. The Morgan fingerprint density at radius 3 is 2.33 bits per heavy atom. The van der Waals surface area contributed by atoms with Gasteiger partial charge in [0.1, 0.15) is 0 Å². The highest BCUT2D eigenvalue weighted by molar-refractivity contribution is 5.04. The van der Waals surface area contributed by atoms with E-state index in [9.17, 15) is 0 Å². The summed E-state index contributed by atoms with van der Waals surface area (Å²) in [6.07, 6.45) is 3.60. The van der Waals surface area contributed by atoms with E-state index in [2.05, 4.69) is 4.98 Å². The first-order valence-electron chi connectivity index (χ1n) is 2.71. The average Bonchev–Trinajstić information content (AvgIpc) is 1.94. The molecule has 0 atom stereocenters. The Balaban J connectivity index is 0.000000291. The van der Waals surface area contributed by atoms with Crippen molar-refractivity contribution in [2.75, 3.05) is 7.11 Å². The van der Waals surface area contributed by atoms with Gasteiger partial charge in [-0.05, 0) is 18.6 Å². The molecule has 0 saturated carbocycles. The van der Waals surface area contributed by atoms with Crippen molar-refractivity contribution in [1.82, 2.24) is 4.98 Å². The molecule has 0 spiro atoms. The number of aliphatic hydroxyl groups is 1. The van der Waals surface area contributed by atoms with Gasteiger partial charge in [-0.15, -0.1) is 0 Å². The Morgan fingerprint density at radius 1 is 1.44 bits per heavy atom. The summed E-state index contributed by atoms with van der Waals surface area (Å²) in [6, 6.07) is 3.95. The first kappa shape index (κ1) is 8.11. The second-order valence-corrected chi connectivity index (χ2v) is 1.53. The Labute approximate surface area is 55.2 Å². The lowest BCUT2D eigenvalue weighted by atomic mass is 10.3. The summed E-state index contributed by atoms with van der Waals surface area (Å²) < 4.78 is 0. The number of pyridine rings is 1. The van der Waals surface area contributed by atoms with E-state index in [4.69, 9.17) is 5.11 Å². The lowest BCUT2D eigenvalue weighted by Gasteiger charge is -1.82.